The van der Waals surface area contributed by atoms with Gasteiger partial charge < -0.3 is 5.43 Å². The molecule has 0 saturated carbocycles. The molecule has 4 heteroatoms. The molecular weight excluding hydrogens is 183 g/mol. The van der Waals surface area contributed by atoms with E-state index in [1.165, 1.54) is 0 Å². The molecule has 0 aliphatic carbocycles. The minimum Gasteiger partial charge on any atom is -0.308 e. The van der Waals surface area contributed by atoms with Gasteiger partial charge in [0.1, 0.15) is 0 Å². The van der Waals surface area contributed by atoms with Crippen LogP contribution in [0.4, 0.5) is 5.69 Å². The average molecular weight is 191 g/mol. The van der Waals surface area contributed by atoms with Crippen molar-refractivity contribution in [1.82, 2.24) is 4.94 Å². The highest BCUT2D eigenvalue weighted by Crippen LogP contribution is 2.19. The Morgan fingerprint density at radius 3 is 2.64 bits per heavy atom. The first-order valence-electron chi connectivity index (χ1n) is 3.12. The Kier molecular flexibility index (Phi) is 3.00. The van der Waals surface area contributed by atoms with Crippen LogP contribution in [-0.2, 0) is 0 Å². The van der Waals surface area contributed by atoms with Crippen LogP contribution in [0.25, 0.3) is 0 Å². The molecule has 0 spiro atoms. The van der Waals surface area contributed by atoms with Crippen molar-refractivity contribution in [3.63, 3.8) is 0 Å². The number of hydrazine groups is 1. The smallest absolute Gasteiger partial charge is 0.0515 e. The first kappa shape index (κ1) is 8.65. The van der Waals surface area contributed by atoms with E-state index in [1.54, 1.807) is 6.07 Å². The maximum atomic E-state index is 5.84. The minimum atomic E-state index is 0.724. The maximum Gasteiger partial charge on any atom is 0.0515 e. The SMILES string of the molecule is Cc1ccc(NNCl)cc1Cl. The summed E-state index contributed by atoms with van der Waals surface area (Å²) in [5.41, 5.74) is 4.60. The number of rotatable bonds is 2. The summed E-state index contributed by atoms with van der Waals surface area (Å²) >= 11 is 11.1. The van der Waals surface area contributed by atoms with E-state index in [0.717, 1.165) is 16.3 Å². The van der Waals surface area contributed by atoms with Gasteiger partial charge in [-0.1, -0.05) is 17.7 Å². The molecule has 0 unspecified atom stereocenters. The quantitative estimate of drug-likeness (QED) is 0.554. The summed E-state index contributed by atoms with van der Waals surface area (Å²) in [6, 6.07) is 5.60. The zero-order chi connectivity index (χ0) is 8.27. The molecule has 0 amide bonds. The summed E-state index contributed by atoms with van der Waals surface area (Å²) in [6.07, 6.45) is 0. The predicted octanol–water partition coefficient (Wildman–Crippen LogP) is 2.72. The van der Waals surface area contributed by atoms with Crippen molar-refractivity contribution >= 4 is 29.1 Å². The average Bonchev–Trinajstić information content (AvgIpc) is 1.98. The highest BCUT2D eigenvalue weighted by Gasteiger charge is 1.95. The fraction of sp³-hybridized carbons (Fsp3) is 0.143. The standard InChI is InChI=1S/C7H8Cl2N2/c1-5-2-3-6(10-11-9)4-7(5)8/h2-4,10-11H,1H3. The summed E-state index contributed by atoms with van der Waals surface area (Å²) in [5.74, 6) is 0. The fourth-order valence-corrected chi connectivity index (χ4v) is 1.01. The molecule has 11 heavy (non-hydrogen) atoms. The molecule has 2 N–H and O–H groups in total. The van der Waals surface area contributed by atoms with Crippen LogP contribution >= 0.6 is 23.4 Å². The lowest BCUT2D eigenvalue weighted by Crippen LogP contribution is -2.08. The van der Waals surface area contributed by atoms with Gasteiger partial charge in [-0.05, 0) is 36.4 Å². The molecule has 0 aliphatic heterocycles. The number of nitrogens with one attached hydrogen (secondary N) is 2. The number of halogens is 2. The highest BCUT2D eigenvalue weighted by molar-refractivity contribution is 6.31. The Morgan fingerprint density at radius 2 is 2.09 bits per heavy atom. The van der Waals surface area contributed by atoms with E-state index in [-0.39, 0.29) is 0 Å². The van der Waals surface area contributed by atoms with E-state index < -0.39 is 0 Å². The molecule has 0 saturated heterocycles. The van der Waals surface area contributed by atoms with Crippen molar-refractivity contribution < 1.29 is 0 Å². The largest absolute Gasteiger partial charge is 0.308 e. The number of anilines is 1. The molecule has 0 atom stereocenters. The van der Waals surface area contributed by atoms with Crippen molar-refractivity contribution in [2.24, 2.45) is 0 Å². The molecule has 0 heterocycles. The summed E-state index contributed by atoms with van der Waals surface area (Å²) < 4.78 is 0. The number of hydrogen-bond donors (Lipinski definition) is 2. The van der Waals surface area contributed by atoms with Crippen LogP contribution in [0, 0.1) is 6.92 Å². The molecule has 0 radical (unpaired) electrons. The molecule has 0 aromatic heterocycles. The normalized spacial score (nSPS) is 9.73. The van der Waals surface area contributed by atoms with Crippen LogP contribution in [-0.4, -0.2) is 0 Å². The molecule has 0 bridgehead atoms. The molecule has 2 nitrogen and oxygen atoms in total. The van der Waals surface area contributed by atoms with Gasteiger partial charge in [-0.25, -0.2) is 0 Å². The molecule has 1 aromatic rings. The second kappa shape index (κ2) is 3.81. The highest BCUT2D eigenvalue weighted by atomic mass is 35.5. The summed E-state index contributed by atoms with van der Waals surface area (Å²) in [4.78, 5) is 2.29. The molecule has 60 valence electrons. The van der Waals surface area contributed by atoms with E-state index >= 15 is 0 Å². The monoisotopic (exact) mass is 190 g/mol. The Bertz CT molecular complexity index is 250. The molecule has 0 fully saturated rings. The van der Waals surface area contributed by atoms with Crippen molar-refractivity contribution in [2.75, 3.05) is 5.43 Å². The van der Waals surface area contributed by atoms with Crippen molar-refractivity contribution in [2.45, 2.75) is 6.92 Å². The van der Waals surface area contributed by atoms with E-state index in [9.17, 15) is 0 Å². The second-order valence-corrected chi connectivity index (χ2v) is 2.78. The van der Waals surface area contributed by atoms with Crippen molar-refractivity contribution in [3.05, 3.63) is 28.8 Å². The van der Waals surface area contributed by atoms with Crippen LogP contribution in [0.3, 0.4) is 0 Å². The summed E-state index contributed by atoms with van der Waals surface area (Å²) in [5, 5.41) is 0.724. The van der Waals surface area contributed by atoms with E-state index in [4.69, 9.17) is 23.4 Å². The van der Waals surface area contributed by atoms with Crippen molar-refractivity contribution in [3.8, 4) is 0 Å². The van der Waals surface area contributed by atoms with Crippen LogP contribution in [0.2, 0.25) is 5.02 Å². The van der Waals surface area contributed by atoms with E-state index in [1.807, 2.05) is 19.1 Å². The Balaban J connectivity index is 2.86. The Labute approximate surface area is 75.6 Å². The van der Waals surface area contributed by atoms with Crippen LogP contribution in [0.5, 0.6) is 0 Å². The zero-order valence-corrected chi connectivity index (χ0v) is 7.50. The van der Waals surface area contributed by atoms with Gasteiger partial charge in [0.25, 0.3) is 0 Å². The van der Waals surface area contributed by atoms with Gasteiger partial charge in [0.15, 0.2) is 0 Å². The minimum absolute atomic E-state index is 0.724. The first-order valence-corrected chi connectivity index (χ1v) is 3.87. The van der Waals surface area contributed by atoms with Crippen LogP contribution in [0.15, 0.2) is 18.2 Å². The number of hydrogen-bond acceptors (Lipinski definition) is 2. The van der Waals surface area contributed by atoms with Crippen LogP contribution in [0.1, 0.15) is 5.56 Å². The van der Waals surface area contributed by atoms with Gasteiger partial charge >= 0.3 is 0 Å². The number of benzene rings is 1. The lowest BCUT2D eigenvalue weighted by molar-refractivity contribution is 1.20. The topological polar surface area (TPSA) is 24.1 Å². The molecule has 0 aliphatic rings. The van der Waals surface area contributed by atoms with Gasteiger partial charge in [-0.2, -0.15) is 0 Å². The lowest BCUT2D eigenvalue weighted by Gasteiger charge is -2.03. The zero-order valence-electron chi connectivity index (χ0n) is 5.99. The van der Waals surface area contributed by atoms with Gasteiger partial charge in [0.2, 0.25) is 0 Å². The van der Waals surface area contributed by atoms with Gasteiger partial charge in [-0.3, -0.25) is 0 Å². The number of aryl methyl sites for hydroxylation is 1. The Hall–Kier alpha value is -0.440. The molecule has 1 rings (SSSR count). The fourth-order valence-electron chi connectivity index (χ4n) is 0.725. The summed E-state index contributed by atoms with van der Waals surface area (Å²) in [6.45, 7) is 1.94. The van der Waals surface area contributed by atoms with E-state index in [0.29, 0.717) is 0 Å². The Morgan fingerprint density at radius 1 is 1.36 bits per heavy atom. The third kappa shape index (κ3) is 2.26. The van der Waals surface area contributed by atoms with Crippen LogP contribution < -0.4 is 10.4 Å². The molecule has 1 aromatic carbocycles. The van der Waals surface area contributed by atoms with Gasteiger partial charge in [-0.15, -0.1) is 4.94 Å². The maximum absolute atomic E-state index is 5.84. The predicted molar refractivity (Wildman–Crippen MR) is 48.8 cm³/mol. The van der Waals surface area contributed by atoms with Gasteiger partial charge in [0, 0.05) is 5.02 Å². The summed E-state index contributed by atoms with van der Waals surface area (Å²) in [7, 11) is 0. The third-order valence-corrected chi connectivity index (χ3v) is 1.87. The van der Waals surface area contributed by atoms with Gasteiger partial charge in [0.05, 0.1) is 5.69 Å². The lowest BCUT2D eigenvalue weighted by atomic mass is 10.2. The first-order chi connectivity index (χ1) is 5.24. The third-order valence-electron chi connectivity index (χ3n) is 1.36. The van der Waals surface area contributed by atoms with E-state index in [2.05, 4.69) is 10.4 Å². The second-order valence-electron chi connectivity index (χ2n) is 2.18. The molecular formula is C7H8Cl2N2. The van der Waals surface area contributed by atoms with Crippen molar-refractivity contribution in [1.29, 1.82) is 0 Å².